The van der Waals surface area contributed by atoms with Crippen molar-refractivity contribution in [2.45, 2.75) is 169 Å². The van der Waals surface area contributed by atoms with Crippen molar-refractivity contribution < 1.29 is 36.8 Å². The minimum absolute atomic E-state index is 0.151. The number of carbonyl (C=O) groups is 2. The lowest BCUT2D eigenvalue weighted by Gasteiger charge is -2.44. The monoisotopic (exact) mass is 1030 g/mol. The third-order valence-corrected chi connectivity index (χ3v) is 22.3. The maximum atomic E-state index is 13.8. The van der Waals surface area contributed by atoms with E-state index in [1.165, 1.54) is 127 Å². The van der Waals surface area contributed by atoms with E-state index in [1.54, 1.807) is 11.0 Å². The van der Waals surface area contributed by atoms with Crippen LogP contribution in [-0.2, 0) is 42.5 Å². The number of anilines is 2. The Morgan fingerprint density at radius 2 is 0.817 bits per heavy atom. The standard InChI is InChI=1S/C27H46N4O4S.C26H44N4O4S/c1-7-8-9-10-11-24-20(2)22(4)25(23(5)21(24)3)30-16-18-31(19-17-30)36(34,35)27(26(32)28-33)12-14-29(6)15-13-27;1-6-7-8-9-10-23-19(2)21(4)24(22(5)20(23)3)29-15-17-30(18-16-29)35(33,34)26(25(31)28-32)11-13-27-14-12-26/h33H,7-19H2,1-6H3,(H,28,32);27,32H,6-18H2,1-5H3,(H,28,31). The van der Waals surface area contributed by atoms with Crippen LogP contribution in [0.4, 0.5) is 11.4 Å². The number of likely N-dealkylation sites (tertiary alicyclic amines) is 1. The Hall–Kier alpha value is -3.36. The number of carbonyl (C=O) groups excluding carboxylic acids is 2. The molecule has 4 fully saturated rings. The summed E-state index contributed by atoms with van der Waals surface area (Å²) in [5.41, 5.74) is 19.2. The molecule has 4 aliphatic heterocycles. The molecule has 0 atom stereocenters. The summed E-state index contributed by atoms with van der Waals surface area (Å²) in [6.07, 6.45) is 12.8. The van der Waals surface area contributed by atoms with Crippen LogP contribution in [0.1, 0.15) is 147 Å². The molecule has 4 aliphatic rings. The summed E-state index contributed by atoms with van der Waals surface area (Å²) >= 11 is 0. The molecule has 2 aromatic rings. The molecule has 4 saturated heterocycles. The molecule has 71 heavy (non-hydrogen) atoms. The van der Waals surface area contributed by atoms with Gasteiger partial charge in [-0.25, -0.2) is 27.8 Å². The molecule has 0 radical (unpaired) electrons. The van der Waals surface area contributed by atoms with Gasteiger partial charge in [-0.2, -0.15) is 8.61 Å². The number of piperidine rings is 2. The molecule has 0 aromatic heterocycles. The number of amides is 2. The van der Waals surface area contributed by atoms with Crippen LogP contribution in [0.2, 0.25) is 0 Å². The first-order chi connectivity index (χ1) is 33.6. The van der Waals surface area contributed by atoms with Crippen LogP contribution in [0.25, 0.3) is 0 Å². The fraction of sp³-hybridized carbons (Fsp3) is 0.736. The second-order valence-corrected chi connectivity index (χ2v) is 25.5. The van der Waals surface area contributed by atoms with Gasteiger partial charge in [0.25, 0.3) is 11.8 Å². The van der Waals surface area contributed by atoms with Crippen molar-refractivity contribution in [2.75, 3.05) is 95.4 Å². The van der Waals surface area contributed by atoms with Crippen LogP contribution in [0, 0.1) is 55.4 Å². The predicted octanol–water partition coefficient (Wildman–Crippen LogP) is 6.59. The number of benzene rings is 2. The molecule has 0 bridgehead atoms. The van der Waals surface area contributed by atoms with Crippen molar-refractivity contribution >= 4 is 43.2 Å². The molecule has 16 nitrogen and oxygen atoms in total. The lowest BCUT2D eigenvalue weighted by molar-refractivity contribution is -0.133. The Morgan fingerprint density at radius 1 is 0.493 bits per heavy atom. The third-order valence-electron chi connectivity index (χ3n) is 17.1. The van der Waals surface area contributed by atoms with Crippen LogP contribution in [0.5, 0.6) is 0 Å². The topological polar surface area (TPSA) is 195 Å². The largest absolute Gasteiger partial charge is 0.368 e. The number of sulfonamides is 2. The van der Waals surface area contributed by atoms with Gasteiger partial charge in [0.1, 0.15) is 0 Å². The highest BCUT2D eigenvalue weighted by Gasteiger charge is 2.56. The van der Waals surface area contributed by atoms with Gasteiger partial charge in [0.05, 0.1) is 0 Å². The number of nitrogens with one attached hydrogen (secondary N) is 3. The van der Waals surface area contributed by atoms with Crippen molar-refractivity contribution in [3.8, 4) is 0 Å². The number of piperazine rings is 2. The van der Waals surface area contributed by atoms with Crippen LogP contribution in [-0.4, -0.2) is 148 Å². The van der Waals surface area contributed by atoms with E-state index in [9.17, 15) is 36.8 Å². The van der Waals surface area contributed by atoms with E-state index in [1.807, 2.05) is 11.9 Å². The zero-order chi connectivity index (χ0) is 52.5. The highest BCUT2D eigenvalue weighted by Crippen LogP contribution is 2.39. The van der Waals surface area contributed by atoms with Crippen LogP contribution >= 0.6 is 0 Å². The molecule has 18 heteroatoms. The van der Waals surface area contributed by atoms with E-state index in [-0.39, 0.29) is 25.7 Å². The van der Waals surface area contributed by atoms with E-state index in [4.69, 9.17) is 0 Å². The molecular formula is C53H90N8O8S2. The van der Waals surface area contributed by atoms with Crippen molar-refractivity contribution in [2.24, 2.45) is 0 Å². The first-order valence-corrected chi connectivity index (χ1v) is 29.5. The molecule has 5 N–H and O–H groups in total. The summed E-state index contributed by atoms with van der Waals surface area (Å²) in [4.78, 5) is 31.9. The van der Waals surface area contributed by atoms with Crippen molar-refractivity contribution in [1.82, 2.24) is 29.8 Å². The predicted molar refractivity (Wildman–Crippen MR) is 286 cm³/mol. The smallest absolute Gasteiger partial charge is 0.266 e. The molecule has 4 heterocycles. The lowest BCUT2D eigenvalue weighted by Crippen LogP contribution is -2.63. The normalized spacial score (nSPS) is 19.3. The van der Waals surface area contributed by atoms with E-state index < -0.39 is 41.4 Å². The van der Waals surface area contributed by atoms with Gasteiger partial charge in [0, 0.05) is 63.7 Å². The zero-order valence-corrected chi connectivity index (χ0v) is 46.9. The molecule has 0 aliphatic carbocycles. The van der Waals surface area contributed by atoms with Crippen LogP contribution in [0.3, 0.4) is 0 Å². The minimum atomic E-state index is -3.94. The molecule has 0 saturated carbocycles. The van der Waals surface area contributed by atoms with Gasteiger partial charge in [-0.15, -0.1) is 0 Å². The molecule has 402 valence electrons. The quantitative estimate of drug-likeness (QED) is 0.0612. The van der Waals surface area contributed by atoms with Crippen molar-refractivity contribution in [3.05, 3.63) is 55.6 Å². The number of hydrogen-bond acceptors (Lipinski definition) is 12. The second kappa shape index (κ2) is 25.2. The first-order valence-electron chi connectivity index (χ1n) is 26.6. The average molecular weight is 1030 g/mol. The van der Waals surface area contributed by atoms with Gasteiger partial charge >= 0.3 is 0 Å². The van der Waals surface area contributed by atoms with E-state index in [0.29, 0.717) is 78.5 Å². The van der Waals surface area contributed by atoms with E-state index in [2.05, 4.69) is 84.4 Å². The highest BCUT2D eigenvalue weighted by molar-refractivity contribution is 7.91. The minimum Gasteiger partial charge on any atom is -0.368 e. The summed E-state index contributed by atoms with van der Waals surface area (Å²) in [5, 5.41) is 21.8. The Balaban J connectivity index is 0.000000264. The molecule has 0 spiro atoms. The number of hydroxylamine groups is 2. The van der Waals surface area contributed by atoms with Gasteiger partial charge in [-0.3, -0.25) is 20.0 Å². The first kappa shape index (κ1) is 58.5. The summed E-state index contributed by atoms with van der Waals surface area (Å²) in [5.74, 6) is -1.64. The molecular weight excluding hydrogens is 941 g/mol. The lowest BCUT2D eigenvalue weighted by atomic mass is 9.88. The Kier molecular flexibility index (Phi) is 20.8. The fourth-order valence-corrected chi connectivity index (χ4v) is 16.2. The van der Waals surface area contributed by atoms with E-state index >= 15 is 0 Å². The Labute approximate surface area is 427 Å². The third kappa shape index (κ3) is 12.0. The second-order valence-electron chi connectivity index (χ2n) is 21.0. The summed E-state index contributed by atoms with van der Waals surface area (Å²) in [7, 11) is -5.95. The van der Waals surface area contributed by atoms with Gasteiger partial charge in [0.2, 0.25) is 20.0 Å². The van der Waals surface area contributed by atoms with Gasteiger partial charge < -0.3 is 20.0 Å². The maximum absolute atomic E-state index is 13.8. The highest BCUT2D eigenvalue weighted by atomic mass is 32.2. The number of nitrogens with zero attached hydrogens (tertiary/aromatic N) is 5. The van der Waals surface area contributed by atoms with Gasteiger partial charge in [-0.1, -0.05) is 52.4 Å². The number of unbranched alkanes of at least 4 members (excludes halogenated alkanes) is 6. The average Bonchev–Trinajstić information content (AvgIpc) is 3.37. The van der Waals surface area contributed by atoms with Crippen LogP contribution < -0.4 is 26.1 Å². The van der Waals surface area contributed by atoms with Gasteiger partial charge in [0.15, 0.2) is 9.49 Å². The Morgan fingerprint density at radius 3 is 1.13 bits per heavy atom. The molecule has 0 unspecified atom stereocenters. The van der Waals surface area contributed by atoms with Crippen LogP contribution in [0.15, 0.2) is 0 Å². The SMILES string of the molecule is CCCCCCc1c(C)c(C)c(N2CCN(S(=O)(=O)C3(C(=O)NO)CCN(C)CC3)CC2)c(C)c1C.CCCCCCc1c(C)c(C)c(N2CCN(S(=O)(=O)C3(C(=O)NO)CCNCC3)CC2)c(C)c1C. The molecule has 2 amide bonds. The Bertz CT molecular complexity index is 2320. The van der Waals surface area contributed by atoms with Crippen molar-refractivity contribution in [3.63, 3.8) is 0 Å². The number of hydrogen-bond donors (Lipinski definition) is 5. The zero-order valence-electron chi connectivity index (χ0n) is 45.3. The summed E-state index contributed by atoms with van der Waals surface area (Å²) in [6, 6.07) is 0. The molecule has 2 aromatic carbocycles. The van der Waals surface area contributed by atoms with E-state index in [0.717, 1.165) is 12.8 Å². The van der Waals surface area contributed by atoms with Crippen molar-refractivity contribution in [1.29, 1.82) is 0 Å². The summed E-state index contributed by atoms with van der Waals surface area (Å²) < 4.78 is 54.5. The molecule has 6 rings (SSSR count). The number of rotatable bonds is 18. The maximum Gasteiger partial charge on any atom is 0.266 e. The fourth-order valence-electron chi connectivity index (χ4n) is 11.9. The van der Waals surface area contributed by atoms with Gasteiger partial charge in [-0.05, 0) is 196 Å². The summed E-state index contributed by atoms with van der Waals surface area (Å²) in [6.45, 7) is 27.5.